The Hall–Kier alpha value is -1.02. The SMILES string of the molecule is Cc1ccc(N)c(CN2CC(C)CC(C)C2)c1. The standard InChI is InChI=1S/C15H24N2/c1-11-4-5-15(16)14(7-11)10-17-8-12(2)6-13(3)9-17/h4-5,7,12-13H,6,8-10,16H2,1-3H3. The maximum absolute atomic E-state index is 6.05. The first kappa shape index (κ1) is 12.4. The third kappa shape index (κ3) is 3.22. The number of nitrogens with zero attached hydrogens (tertiary/aromatic N) is 1. The Morgan fingerprint density at radius 1 is 1.24 bits per heavy atom. The van der Waals surface area contributed by atoms with Crippen LogP contribution >= 0.6 is 0 Å². The van der Waals surface area contributed by atoms with E-state index in [1.54, 1.807) is 0 Å². The molecular weight excluding hydrogens is 208 g/mol. The zero-order valence-electron chi connectivity index (χ0n) is 11.2. The van der Waals surface area contributed by atoms with Gasteiger partial charge in [-0.3, -0.25) is 4.90 Å². The number of likely N-dealkylation sites (tertiary alicyclic amines) is 1. The second-order valence-electron chi connectivity index (χ2n) is 5.84. The van der Waals surface area contributed by atoms with Crippen LogP contribution in [0, 0.1) is 18.8 Å². The van der Waals surface area contributed by atoms with Gasteiger partial charge in [-0.25, -0.2) is 0 Å². The highest BCUT2D eigenvalue weighted by atomic mass is 15.1. The molecule has 94 valence electrons. The maximum atomic E-state index is 6.05. The highest BCUT2D eigenvalue weighted by Crippen LogP contribution is 2.24. The normalized spacial score (nSPS) is 26.1. The lowest BCUT2D eigenvalue weighted by atomic mass is 9.91. The Labute approximate surface area is 105 Å². The number of piperidine rings is 1. The van der Waals surface area contributed by atoms with Crippen LogP contribution in [0.4, 0.5) is 5.69 Å². The van der Waals surface area contributed by atoms with E-state index in [0.29, 0.717) is 0 Å². The van der Waals surface area contributed by atoms with Crippen molar-refractivity contribution < 1.29 is 0 Å². The molecule has 1 aliphatic rings. The largest absolute Gasteiger partial charge is 0.398 e. The number of nitrogen functional groups attached to an aromatic ring is 1. The number of nitrogens with two attached hydrogens (primary N) is 1. The second kappa shape index (κ2) is 5.09. The Kier molecular flexibility index (Phi) is 3.72. The fourth-order valence-electron chi connectivity index (χ4n) is 3.03. The third-order valence-electron chi connectivity index (χ3n) is 3.64. The summed E-state index contributed by atoms with van der Waals surface area (Å²) in [7, 11) is 0. The van der Waals surface area contributed by atoms with Crippen LogP contribution in [0.5, 0.6) is 0 Å². The van der Waals surface area contributed by atoms with E-state index in [1.807, 2.05) is 6.07 Å². The molecule has 1 aliphatic heterocycles. The molecule has 0 aliphatic carbocycles. The molecule has 2 heteroatoms. The summed E-state index contributed by atoms with van der Waals surface area (Å²) in [6.45, 7) is 10.2. The molecule has 0 radical (unpaired) electrons. The van der Waals surface area contributed by atoms with Crippen molar-refractivity contribution in [2.75, 3.05) is 18.8 Å². The molecular formula is C15H24N2. The molecule has 1 heterocycles. The minimum absolute atomic E-state index is 0.810. The summed E-state index contributed by atoms with van der Waals surface area (Å²) in [5.41, 5.74) is 9.56. The second-order valence-corrected chi connectivity index (χ2v) is 5.84. The van der Waals surface area contributed by atoms with Crippen LogP contribution in [0.25, 0.3) is 0 Å². The predicted octanol–water partition coefficient (Wildman–Crippen LogP) is 3.06. The van der Waals surface area contributed by atoms with Crippen molar-refractivity contribution in [2.45, 2.75) is 33.7 Å². The summed E-state index contributed by atoms with van der Waals surface area (Å²) in [4.78, 5) is 2.55. The topological polar surface area (TPSA) is 29.3 Å². The van der Waals surface area contributed by atoms with Crippen LogP contribution in [-0.4, -0.2) is 18.0 Å². The molecule has 2 N–H and O–H groups in total. The number of benzene rings is 1. The lowest BCUT2D eigenvalue weighted by Gasteiger charge is -2.35. The number of anilines is 1. The fraction of sp³-hybridized carbons (Fsp3) is 0.600. The summed E-state index contributed by atoms with van der Waals surface area (Å²) in [5.74, 6) is 1.62. The molecule has 1 aromatic rings. The lowest BCUT2D eigenvalue weighted by molar-refractivity contribution is 0.134. The molecule has 1 aromatic carbocycles. The Morgan fingerprint density at radius 3 is 2.53 bits per heavy atom. The van der Waals surface area contributed by atoms with E-state index < -0.39 is 0 Å². The van der Waals surface area contributed by atoms with Crippen LogP contribution < -0.4 is 5.73 Å². The molecule has 0 aromatic heterocycles. The van der Waals surface area contributed by atoms with Crippen molar-refractivity contribution in [1.82, 2.24) is 4.90 Å². The van der Waals surface area contributed by atoms with Gasteiger partial charge in [0.05, 0.1) is 0 Å². The van der Waals surface area contributed by atoms with Crippen LogP contribution in [0.1, 0.15) is 31.4 Å². The molecule has 0 spiro atoms. The number of aryl methyl sites for hydroxylation is 1. The van der Waals surface area contributed by atoms with Gasteiger partial charge in [0.15, 0.2) is 0 Å². The zero-order chi connectivity index (χ0) is 12.4. The number of hydrogen-bond donors (Lipinski definition) is 1. The van der Waals surface area contributed by atoms with E-state index in [-0.39, 0.29) is 0 Å². The van der Waals surface area contributed by atoms with Crippen molar-refractivity contribution in [3.63, 3.8) is 0 Å². The minimum atomic E-state index is 0.810. The van der Waals surface area contributed by atoms with Crippen molar-refractivity contribution in [1.29, 1.82) is 0 Å². The number of rotatable bonds is 2. The van der Waals surface area contributed by atoms with Crippen LogP contribution in [0.2, 0.25) is 0 Å². The summed E-state index contributed by atoms with van der Waals surface area (Å²) in [6, 6.07) is 6.33. The van der Waals surface area contributed by atoms with E-state index in [2.05, 4.69) is 37.8 Å². The predicted molar refractivity (Wildman–Crippen MR) is 73.8 cm³/mol. The van der Waals surface area contributed by atoms with E-state index in [0.717, 1.165) is 24.1 Å². The minimum Gasteiger partial charge on any atom is -0.398 e. The van der Waals surface area contributed by atoms with E-state index >= 15 is 0 Å². The smallest absolute Gasteiger partial charge is 0.0359 e. The van der Waals surface area contributed by atoms with Gasteiger partial charge in [0.2, 0.25) is 0 Å². The van der Waals surface area contributed by atoms with Gasteiger partial charge in [-0.15, -0.1) is 0 Å². The third-order valence-corrected chi connectivity index (χ3v) is 3.64. The molecule has 1 fully saturated rings. The zero-order valence-corrected chi connectivity index (χ0v) is 11.2. The first-order valence-electron chi connectivity index (χ1n) is 6.62. The molecule has 2 nitrogen and oxygen atoms in total. The van der Waals surface area contributed by atoms with E-state index in [4.69, 9.17) is 5.73 Å². The van der Waals surface area contributed by atoms with Gasteiger partial charge in [0.1, 0.15) is 0 Å². The quantitative estimate of drug-likeness (QED) is 0.794. The average molecular weight is 232 g/mol. The van der Waals surface area contributed by atoms with Gasteiger partial charge >= 0.3 is 0 Å². The van der Waals surface area contributed by atoms with Crippen molar-refractivity contribution >= 4 is 5.69 Å². The summed E-state index contributed by atoms with van der Waals surface area (Å²) < 4.78 is 0. The van der Waals surface area contributed by atoms with E-state index in [1.165, 1.54) is 30.6 Å². The van der Waals surface area contributed by atoms with Gasteiger partial charge in [0, 0.05) is 25.3 Å². The molecule has 2 atom stereocenters. The summed E-state index contributed by atoms with van der Waals surface area (Å²) in [6.07, 6.45) is 1.36. The van der Waals surface area contributed by atoms with Gasteiger partial charge in [-0.2, -0.15) is 0 Å². The molecule has 2 unspecified atom stereocenters. The molecule has 0 amide bonds. The first-order valence-corrected chi connectivity index (χ1v) is 6.62. The highest BCUT2D eigenvalue weighted by molar-refractivity contribution is 5.48. The van der Waals surface area contributed by atoms with Crippen molar-refractivity contribution in [2.24, 2.45) is 11.8 Å². The van der Waals surface area contributed by atoms with Gasteiger partial charge in [-0.1, -0.05) is 31.5 Å². The number of hydrogen-bond acceptors (Lipinski definition) is 2. The summed E-state index contributed by atoms with van der Waals surface area (Å²) >= 11 is 0. The molecule has 17 heavy (non-hydrogen) atoms. The fourth-order valence-corrected chi connectivity index (χ4v) is 3.03. The average Bonchev–Trinajstić information content (AvgIpc) is 2.22. The highest BCUT2D eigenvalue weighted by Gasteiger charge is 2.22. The van der Waals surface area contributed by atoms with Crippen LogP contribution in [-0.2, 0) is 6.54 Å². The van der Waals surface area contributed by atoms with Gasteiger partial charge < -0.3 is 5.73 Å². The monoisotopic (exact) mass is 232 g/mol. The Balaban J connectivity index is 2.07. The van der Waals surface area contributed by atoms with Crippen molar-refractivity contribution in [3.8, 4) is 0 Å². The van der Waals surface area contributed by atoms with Crippen LogP contribution in [0.3, 0.4) is 0 Å². The van der Waals surface area contributed by atoms with E-state index in [9.17, 15) is 0 Å². The Bertz CT molecular complexity index is 377. The Morgan fingerprint density at radius 2 is 1.88 bits per heavy atom. The molecule has 0 saturated carbocycles. The van der Waals surface area contributed by atoms with Gasteiger partial charge in [0.25, 0.3) is 0 Å². The van der Waals surface area contributed by atoms with Crippen molar-refractivity contribution in [3.05, 3.63) is 29.3 Å². The van der Waals surface area contributed by atoms with Crippen LogP contribution in [0.15, 0.2) is 18.2 Å². The molecule has 1 saturated heterocycles. The summed E-state index contributed by atoms with van der Waals surface area (Å²) in [5, 5.41) is 0. The molecule has 2 rings (SSSR count). The maximum Gasteiger partial charge on any atom is 0.0359 e. The first-order chi connectivity index (χ1) is 8.04. The van der Waals surface area contributed by atoms with Gasteiger partial charge in [-0.05, 0) is 36.8 Å². The lowest BCUT2D eigenvalue weighted by Crippen LogP contribution is -2.38. The molecule has 0 bridgehead atoms.